The van der Waals surface area contributed by atoms with Gasteiger partial charge in [-0.05, 0) is 0 Å². The van der Waals surface area contributed by atoms with E-state index in [2.05, 4.69) is 0 Å². The van der Waals surface area contributed by atoms with Gasteiger partial charge in [-0.1, -0.05) is 0 Å². The minimum atomic E-state index is -6.69. The average molecular weight is 349 g/mol. The van der Waals surface area contributed by atoms with E-state index < -0.39 is 33.9 Å². The molecule has 12 heteroatoms. The van der Waals surface area contributed by atoms with E-state index in [9.17, 15) is 39.2 Å². The largest absolute Gasteiger partial charge is 0.461 e. The SMILES string of the molecule is C[N+](C)(C)CCCNS(=O)(=O)C(F)(F)C(F)(F)C(F)(F)F. The zero-order valence-corrected chi connectivity index (χ0v) is 12.3. The lowest BCUT2D eigenvalue weighted by Gasteiger charge is -2.28. The van der Waals surface area contributed by atoms with Gasteiger partial charge in [0.05, 0.1) is 27.7 Å². The highest BCUT2D eigenvalue weighted by atomic mass is 32.2. The highest BCUT2D eigenvalue weighted by Crippen LogP contribution is 2.48. The van der Waals surface area contributed by atoms with E-state index in [1.807, 2.05) is 0 Å². The fourth-order valence-corrected chi connectivity index (χ4v) is 2.23. The molecule has 21 heavy (non-hydrogen) atoms. The van der Waals surface area contributed by atoms with Crippen molar-refractivity contribution in [1.82, 2.24) is 4.72 Å². The molecule has 0 rings (SSSR count). The predicted octanol–water partition coefficient (Wildman–Crippen LogP) is 1.79. The summed E-state index contributed by atoms with van der Waals surface area (Å²) >= 11 is 0. The Hall–Kier alpha value is -0.620. The van der Waals surface area contributed by atoms with E-state index in [1.54, 1.807) is 21.1 Å². The van der Waals surface area contributed by atoms with Crippen molar-refractivity contribution in [1.29, 1.82) is 0 Å². The molecule has 0 aromatic heterocycles. The molecule has 0 unspecified atom stereocenters. The van der Waals surface area contributed by atoms with Gasteiger partial charge in [0.2, 0.25) is 0 Å². The van der Waals surface area contributed by atoms with Crippen LogP contribution in [-0.2, 0) is 10.0 Å². The number of sulfonamides is 1. The van der Waals surface area contributed by atoms with Gasteiger partial charge in [-0.25, -0.2) is 13.1 Å². The Morgan fingerprint density at radius 2 is 1.38 bits per heavy atom. The van der Waals surface area contributed by atoms with Crippen LogP contribution in [0.15, 0.2) is 0 Å². The van der Waals surface area contributed by atoms with Gasteiger partial charge >= 0.3 is 17.4 Å². The second-order valence-electron chi connectivity index (χ2n) is 5.35. The third-order valence-corrected chi connectivity index (χ3v) is 3.87. The number of rotatable bonds is 7. The van der Waals surface area contributed by atoms with Crippen LogP contribution in [-0.4, -0.2) is 64.5 Å². The van der Waals surface area contributed by atoms with E-state index in [4.69, 9.17) is 0 Å². The second-order valence-corrected chi connectivity index (χ2v) is 7.16. The molecule has 0 bridgehead atoms. The highest BCUT2D eigenvalue weighted by molar-refractivity contribution is 7.90. The predicted molar refractivity (Wildman–Crippen MR) is 60.4 cm³/mol. The van der Waals surface area contributed by atoms with Crippen LogP contribution >= 0.6 is 0 Å². The Balaban J connectivity index is 4.99. The summed E-state index contributed by atoms with van der Waals surface area (Å²) in [6.07, 6.45) is -6.70. The van der Waals surface area contributed by atoms with Crippen LogP contribution in [0.1, 0.15) is 6.42 Å². The molecule has 0 fully saturated rings. The van der Waals surface area contributed by atoms with E-state index in [0.717, 1.165) is 4.72 Å². The molecule has 0 spiro atoms. The first-order valence-corrected chi connectivity index (χ1v) is 7.06. The van der Waals surface area contributed by atoms with Crippen LogP contribution < -0.4 is 4.72 Å². The fraction of sp³-hybridized carbons (Fsp3) is 1.00. The number of hydrogen-bond donors (Lipinski definition) is 1. The Bertz CT molecular complexity index is 454. The van der Waals surface area contributed by atoms with E-state index >= 15 is 0 Å². The molecule has 0 radical (unpaired) electrons. The van der Waals surface area contributed by atoms with Crippen LogP contribution in [0.5, 0.6) is 0 Å². The molecule has 0 heterocycles. The molecule has 1 N–H and O–H groups in total. The van der Waals surface area contributed by atoms with Gasteiger partial charge in [0.1, 0.15) is 0 Å². The molecule has 0 aliphatic heterocycles. The molecule has 0 saturated carbocycles. The summed E-state index contributed by atoms with van der Waals surface area (Å²) < 4.78 is 110. The number of nitrogens with zero attached hydrogens (tertiary/aromatic N) is 1. The van der Waals surface area contributed by atoms with Crippen LogP contribution in [0.3, 0.4) is 0 Å². The second kappa shape index (κ2) is 5.88. The molecule has 0 saturated heterocycles. The highest BCUT2D eigenvalue weighted by Gasteiger charge is 2.78. The van der Waals surface area contributed by atoms with Crippen molar-refractivity contribution in [3.05, 3.63) is 0 Å². The van der Waals surface area contributed by atoms with Crippen molar-refractivity contribution in [2.24, 2.45) is 0 Å². The number of nitrogens with one attached hydrogen (secondary N) is 1. The fourth-order valence-electron chi connectivity index (χ4n) is 1.18. The molecule has 0 amide bonds. The minimum Gasteiger partial charge on any atom is -0.331 e. The van der Waals surface area contributed by atoms with Gasteiger partial charge in [-0.2, -0.15) is 30.7 Å². The van der Waals surface area contributed by atoms with Gasteiger partial charge in [0, 0.05) is 13.0 Å². The van der Waals surface area contributed by atoms with Crippen molar-refractivity contribution in [2.75, 3.05) is 34.2 Å². The number of quaternary nitrogens is 1. The Morgan fingerprint density at radius 1 is 0.952 bits per heavy atom. The van der Waals surface area contributed by atoms with Crippen LogP contribution in [0.25, 0.3) is 0 Å². The summed E-state index contributed by atoms with van der Waals surface area (Å²) in [7, 11) is -1.09. The molecule has 0 aromatic carbocycles. The maximum absolute atomic E-state index is 13.0. The summed E-state index contributed by atoms with van der Waals surface area (Å²) in [6.45, 7) is -0.384. The first kappa shape index (κ1) is 20.4. The lowest BCUT2D eigenvalue weighted by molar-refractivity contribution is -0.870. The summed E-state index contributed by atoms with van der Waals surface area (Å²) in [4.78, 5) is 0. The van der Waals surface area contributed by atoms with Gasteiger partial charge < -0.3 is 4.48 Å². The monoisotopic (exact) mass is 349 g/mol. The van der Waals surface area contributed by atoms with Crippen molar-refractivity contribution in [3.8, 4) is 0 Å². The quantitative estimate of drug-likeness (QED) is 0.433. The smallest absolute Gasteiger partial charge is 0.331 e. The summed E-state index contributed by atoms with van der Waals surface area (Å²) in [5, 5.41) is -6.30. The van der Waals surface area contributed by atoms with Crippen LogP contribution in [0.2, 0.25) is 0 Å². The molecule has 128 valence electrons. The first-order valence-electron chi connectivity index (χ1n) is 5.58. The number of alkyl halides is 7. The van der Waals surface area contributed by atoms with Gasteiger partial charge in [0.15, 0.2) is 0 Å². The summed E-state index contributed by atoms with van der Waals surface area (Å²) in [6, 6.07) is 0. The standard InChI is InChI=1S/C9H16F7N2O2S/c1-18(2,3)6-4-5-17-21(19,20)9(15,16)7(10,11)8(12,13)14/h17H,4-6H2,1-3H3/q+1. The van der Waals surface area contributed by atoms with Gasteiger partial charge in [-0.3, -0.25) is 0 Å². The van der Waals surface area contributed by atoms with Crippen molar-refractivity contribution >= 4 is 10.0 Å². The molecule has 0 atom stereocenters. The van der Waals surface area contributed by atoms with Crippen LogP contribution in [0, 0.1) is 0 Å². The summed E-state index contributed by atoms with van der Waals surface area (Å²) in [5.41, 5.74) is 0. The first-order chi connectivity index (χ1) is 8.96. The Kier molecular flexibility index (Phi) is 5.70. The van der Waals surface area contributed by atoms with Gasteiger partial charge in [0.25, 0.3) is 10.0 Å². The number of hydrogen-bond acceptors (Lipinski definition) is 2. The van der Waals surface area contributed by atoms with Crippen molar-refractivity contribution in [3.63, 3.8) is 0 Å². The molecule has 0 aliphatic carbocycles. The average Bonchev–Trinajstić information content (AvgIpc) is 2.21. The molecule has 0 aromatic rings. The Morgan fingerprint density at radius 3 is 1.71 bits per heavy atom. The lowest BCUT2D eigenvalue weighted by Crippen LogP contribution is -2.59. The van der Waals surface area contributed by atoms with E-state index in [0.29, 0.717) is 11.0 Å². The third-order valence-electron chi connectivity index (χ3n) is 2.36. The third kappa shape index (κ3) is 4.68. The van der Waals surface area contributed by atoms with Crippen LogP contribution in [0.4, 0.5) is 30.7 Å². The molecular formula is C9H16F7N2O2S+. The number of halogens is 7. The lowest BCUT2D eigenvalue weighted by atomic mass is 10.3. The maximum Gasteiger partial charge on any atom is 0.461 e. The summed E-state index contributed by atoms with van der Waals surface area (Å²) in [5.74, 6) is -6.69. The zero-order chi connectivity index (χ0) is 17.3. The van der Waals surface area contributed by atoms with Gasteiger partial charge in [-0.15, -0.1) is 0 Å². The molecular weight excluding hydrogens is 333 g/mol. The minimum absolute atomic E-state index is 0.0175. The topological polar surface area (TPSA) is 46.2 Å². The van der Waals surface area contributed by atoms with E-state index in [1.165, 1.54) is 0 Å². The normalized spacial score (nSPS) is 15.3. The van der Waals surface area contributed by atoms with Crippen molar-refractivity contribution in [2.45, 2.75) is 23.8 Å². The zero-order valence-electron chi connectivity index (χ0n) is 11.4. The molecule has 0 aliphatic rings. The van der Waals surface area contributed by atoms with Crippen molar-refractivity contribution < 1.29 is 43.6 Å². The maximum atomic E-state index is 13.0. The Labute approximate surface area is 117 Å². The van der Waals surface area contributed by atoms with E-state index in [-0.39, 0.29) is 6.42 Å². The molecule has 4 nitrogen and oxygen atoms in total.